The third-order valence-electron chi connectivity index (χ3n) is 4.42. The minimum absolute atomic E-state index is 0.856. The largest absolute Gasteiger partial charge is 0.497 e. The zero-order valence-corrected chi connectivity index (χ0v) is 14.7. The molecule has 0 saturated carbocycles. The summed E-state index contributed by atoms with van der Waals surface area (Å²) in [7, 11) is 3.76. The Hall–Kier alpha value is -2.46. The van der Waals surface area contributed by atoms with Gasteiger partial charge in [-0.3, -0.25) is 0 Å². The maximum absolute atomic E-state index is 5.25. The smallest absolute Gasteiger partial charge is 0.142 e. The van der Waals surface area contributed by atoms with E-state index in [1.54, 1.807) is 18.9 Å². The quantitative estimate of drug-likeness (QED) is 0.486. The molecule has 4 heteroatoms. The van der Waals surface area contributed by atoms with E-state index in [1.165, 1.54) is 21.2 Å². The molecule has 2 heterocycles. The van der Waals surface area contributed by atoms with E-state index in [0.29, 0.717) is 0 Å². The molecule has 0 spiro atoms. The van der Waals surface area contributed by atoms with Crippen molar-refractivity contribution in [2.24, 2.45) is 7.05 Å². The molecule has 3 nitrogen and oxygen atoms in total. The first-order valence-electron chi connectivity index (χ1n) is 7.79. The average Bonchev–Trinajstić information content (AvgIpc) is 2.94. The lowest BCUT2D eigenvalue weighted by molar-refractivity contribution is 0.415. The molecule has 0 N–H and O–H groups in total. The molecular weight excluding hydrogens is 316 g/mol. The number of ether oxygens (including phenoxy) is 1. The van der Waals surface area contributed by atoms with E-state index in [9.17, 15) is 0 Å². The molecule has 24 heavy (non-hydrogen) atoms. The van der Waals surface area contributed by atoms with Gasteiger partial charge >= 0.3 is 0 Å². The van der Waals surface area contributed by atoms with Crippen LogP contribution in [-0.4, -0.2) is 22.9 Å². The number of para-hydroxylation sites is 1. The van der Waals surface area contributed by atoms with E-state index in [4.69, 9.17) is 9.72 Å². The number of fused-ring (bicyclic) bond motifs is 3. The Morgan fingerprint density at radius 1 is 1.04 bits per heavy atom. The molecule has 0 atom stereocenters. The number of nitrogens with zero attached hydrogens (tertiary/aromatic N) is 2. The predicted molar refractivity (Wildman–Crippen MR) is 102 cm³/mol. The number of hydrogen-bond acceptors (Lipinski definition) is 3. The van der Waals surface area contributed by atoms with Gasteiger partial charge in [-0.25, -0.2) is 4.98 Å². The Balaban J connectivity index is 2.01. The molecule has 0 radical (unpaired) electrons. The molecule has 0 bridgehead atoms. The Morgan fingerprint density at radius 3 is 2.50 bits per heavy atom. The first-order valence-corrected chi connectivity index (χ1v) is 9.02. The topological polar surface area (TPSA) is 27.1 Å². The van der Waals surface area contributed by atoms with Crippen LogP contribution in [0.2, 0.25) is 0 Å². The van der Waals surface area contributed by atoms with Crippen LogP contribution in [0.25, 0.3) is 33.2 Å². The molecule has 0 aliphatic heterocycles. The first-order chi connectivity index (χ1) is 11.7. The predicted octanol–water partition coefficient (Wildman–Crippen LogP) is 5.12. The van der Waals surface area contributed by atoms with Crippen LogP contribution in [0, 0.1) is 0 Å². The fourth-order valence-electron chi connectivity index (χ4n) is 3.17. The molecule has 2 aromatic carbocycles. The molecule has 4 aromatic rings. The number of rotatable bonds is 3. The molecule has 0 fully saturated rings. The lowest BCUT2D eigenvalue weighted by Gasteiger charge is -2.07. The van der Waals surface area contributed by atoms with Gasteiger partial charge in [0.25, 0.3) is 0 Å². The monoisotopic (exact) mass is 334 g/mol. The van der Waals surface area contributed by atoms with E-state index in [2.05, 4.69) is 60.3 Å². The van der Waals surface area contributed by atoms with Crippen LogP contribution >= 0.6 is 11.8 Å². The summed E-state index contributed by atoms with van der Waals surface area (Å²) in [4.78, 5) is 6.21. The third-order valence-corrected chi connectivity index (χ3v) is 5.18. The molecule has 0 unspecified atom stereocenters. The second-order valence-electron chi connectivity index (χ2n) is 5.71. The summed E-state index contributed by atoms with van der Waals surface area (Å²) < 4.78 is 7.43. The van der Waals surface area contributed by atoms with Crippen LogP contribution in [0.4, 0.5) is 0 Å². The van der Waals surface area contributed by atoms with Crippen LogP contribution in [0.15, 0.2) is 59.5 Å². The number of thioether (sulfide) groups is 1. The maximum atomic E-state index is 5.25. The van der Waals surface area contributed by atoms with Gasteiger partial charge < -0.3 is 9.30 Å². The zero-order valence-electron chi connectivity index (χ0n) is 13.9. The van der Waals surface area contributed by atoms with Crippen molar-refractivity contribution < 1.29 is 4.74 Å². The van der Waals surface area contributed by atoms with Crippen molar-refractivity contribution in [3.63, 3.8) is 0 Å². The Kier molecular flexibility index (Phi) is 3.69. The van der Waals surface area contributed by atoms with Crippen LogP contribution in [0.3, 0.4) is 0 Å². The van der Waals surface area contributed by atoms with E-state index in [-0.39, 0.29) is 0 Å². The van der Waals surface area contributed by atoms with Crippen molar-refractivity contribution >= 4 is 33.7 Å². The van der Waals surface area contributed by atoms with Crippen LogP contribution in [0.1, 0.15) is 0 Å². The Bertz CT molecular complexity index is 1040. The van der Waals surface area contributed by atoms with Crippen LogP contribution in [-0.2, 0) is 7.05 Å². The van der Waals surface area contributed by atoms with Gasteiger partial charge in [-0.2, -0.15) is 0 Å². The molecule has 0 saturated heterocycles. The second kappa shape index (κ2) is 5.87. The van der Waals surface area contributed by atoms with Gasteiger partial charge in [0.2, 0.25) is 0 Å². The number of methoxy groups -OCH3 is 1. The van der Waals surface area contributed by atoms with Crippen molar-refractivity contribution in [3.8, 4) is 17.0 Å². The SMILES string of the molecule is COc1ccc(-c2cc(SC)c3c4ccccc4n(C)c3n2)cc1. The van der Waals surface area contributed by atoms with Gasteiger partial charge in [0.1, 0.15) is 11.4 Å². The summed E-state index contributed by atoms with van der Waals surface area (Å²) in [6, 6.07) is 18.7. The lowest BCUT2D eigenvalue weighted by atomic mass is 10.1. The molecule has 0 aliphatic rings. The number of aryl methyl sites for hydroxylation is 1. The van der Waals surface area contributed by atoms with Crippen LogP contribution in [0.5, 0.6) is 5.75 Å². The average molecular weight is 334 g/mol. The van der Waals surface area contributed by atoms with Crippen molar-refractivity contribution in [1.29, 1.82) is 0 Å². The summed E-state index contributed by atoms with van der Waals surface area (Å²) in [6.07, 6.45) is 2.12. The highest BCUT2D eigenvalue weighted by Gasteiger charge is 2.15. The van der Waals surface area contributed by atoms with Gasteiger partial charge in [-0.1, -0.05) is 18.2 Å². The Morgan fingerprint density at radius 2 is 1.79 bits per heavy atom. The molecule has 0 aliphatic carbocycles. The van der Waals surface area contributed by atoms with E-state index in [1.807, 2.05) is 12.1 Å². The van der Waals surface area contributed by atoms with Gasteiger partial charge in [0, 0.05) is 28.3 Å². The Labute approximate surface area is 145 Å². The van der Waals surface area contributed by atoms with Crippen molar-refractivity contribution in [1.82, 2.24) is 9.55 Å². The minimum atomic E-state index is 0.856. The standard InChI is InChI=1S/C20H18N2OS/c1-22-17-7-5-4-6-15(17)19-18(24-3)12-16(21-20(19)22)13-8-10-14(23-2)11-9-13/h4-12H,1-3H3. The van der Waals surface area contributed by atoms with Crippen molar-refractivity contribution in [2.45, 2.75) is 4.90 Å². The highest BCUT2D eigenvalue weighted by atomic mass is 32.2. The van der Waals surface area contributed by atoms with Gasteiger partial charge in [0.15, 0.2) is 0 Å². The van der Waals surface area contributed by atoms with Gasteiger partial charge in [-0.05, 0) is 42.7 Å². The summed E-state index contributed by atoms with van der Waals surface area (Å²) in [5.41, 5.74) is 4.31. The summed E-state index contributed by atoms with van der Waals surface area (Å²) in [5, 5.41) is 2.49. The zero-order chi connectivity index (χ0) is 16.7. The van der Waals surface area contributed by atoms with E-state index in [0.717, 1.165) is 22.7 Å². The summed E-state index contributed by atoms with van der Waals surface area (Å²) >= 11 is 1.76. The molecule has 2 aromatic heterocycles. The fourth-order valence-corrected chi connectivity index (χ4v) is 3.80. The number of benzene rings is 2. The number of aromatic nitrogens is 2. The minimum Gasteiger partial charge on any atom is -0.497 e. The fraction of sp³-hybridized carbons (Fsp3) is 0.150. The van der Waals surface area contributed by atoms with Gasteiger partial charge in [0.05, 0.1) is 18.3 Å². The lowest BCUT2D eigenvalue weighted by Crippen LogP contribution is -1.93. The molecule has 120 valence electrons. The van der Waals surface area contributed by atoms with Crippen LogP contribution < -0.4 is 4.74 Å². The molecule has 4 rings (SSSR count). The second-order valence-corrected chi connectivity index (χ2v) is 6.56. The highest BCUT2D eigenvalue weighted by molar-refractivity contribution is 7.98. The number of hydrogen-bond donors (Lipinski definition) is 0. The van der Waals surface area contributed by atoms with E-state index < -0.39 is 0 Å². The number of pyridine rings is 1. The first kappa shape index (κ1) is 15.1. The van der Waals surface area contributed by atoms with E-state index >= 15 is 0 Å². The molecule has 0 amide bonds. The van der Waals surface area contributed by atoms with Crippen molar-refractivity contribution in [3.05, 3.63) is 54.6 Å². The summed E-state index contributed by atoms with van der Waals surface area (Å²) in [5.74, 6) is 0.856. The highest BCUT2D eigenvalue weighted by Crippen LogP contribution is 2.36. The normalized spacial score (nSPS) is 11.3. The van der Waals surface area contributed by atoms with Gasteiger partial charge in [-0.15, -0.1) is 11.8 Å². The third kappa shape index (κ3) is 2.26. The molecular formula is C20H18N2OS. The maximum Gasteiger partial charge on any atom is 0.142 e. The summed E-state index contributed by atoms with van der Waals surface area (Å²) in [6.45, 7) is 0. The van der Waals surface area contributed by atoms with Crippen molar-refractivity contribution in [2.75, 3.05) is 13.4 Å².